The second-order valence-corrected chi connectivity index (χ2v) is 7.91. The van der Waals surface area contributed by atoms with Gasteiger partial charge < -0.3 is 10.8 Å². The number of anilines is 1. The highest BCUT2D eigenvalue weighted by molar-refractivity contribution is 9.10. The van der Waals surface area contributed by atoms with E-state index in [1.165, 1.54) is 10.4 Å². The van der Waals surface area contributed by atoms with Crippen molar-refractivity contribution >= 4 is 31.6 Å². The summed E-state index contributed by atoms with van der Waals surface area (Å²) in [4.78, 5) is 0.122. The van der Waals surface area contributed by atoms with Gasteiger partial charge in [0, 0.05) is 17.6 Å². The molecule has 3 N–H and O–H groups in total. The van der Waals surface area contributed by atoms with Gasteiger partial charge in [0.2, 0.25) is 10.0 Å². The predicted molar refractivity (Wildman–Crippen MR) is 77.2 cm³/mol. The van der Waals surface area contributed by atoms with Crippen LogP contribution in [0.25, 0.3) is 0 Å². The molecule has 1 aromatic carbocycles. The topological polar surface area (TPSA) is 83.6 Å². The number of nitrogens with two attached hydrogens (primary N) is 1. The summed E-state index contributed by atoms with van der Waals surface area (Å²) in [7, 11) is -3.58. The van der Waals surface area contributed by atoms with Gasteiger partial charge in [-0.2, -0.15) is 4.31 Å². The first-order valence-electron chi connectivity index (χ1n) is 6.00. The second kappa shape index (κ2) is 5.05. The van der Waals surface area contributed by atoms with Crippen LogP contribution in [-0.4, -0.2) is 36.5 Å². The van der Waals surface area contributed by atoms with Gasteiger partial charge in [-0.05, 0) is 38.0 Å². The van der Waals surface area contributed by atoms with Gasteiger partial charge in [0.05, 0.1) is 11.3 Å². The molecule has 0 aromatic heterocycles. The fourth-order valence-electron chi connectivity index (χ4n) is 2.10. The molecular weight excluding hydrogens is 332 g/mol. The van der Waals surface area contributed by atoms with Crippen molar-refractivity contribution in [2.24, 2.45) is 0 Å². The van der Waals surface area contributed by atoms with Gasteiger partial charge in [-0.15, -0.1) is 0 Å². The smallest absolute Gasteiger partial charge is 0.245 e. The van der Waals surface area contributed by atoms with Crippen LogP contribution >= 0.6 is 15.9 Å². The third-order valence-corrected chi connectivity index (χ3v) is 5.86. The normalized spacial score (nSPS) is 20.4. The summed E-state index contributed by atoms with van der Waals surface area (Å²) in [5, 5.41) is 9.87. The van der Waals surface area contributed by atoms with Crippen LogP contribution in [0.15, 0.2) is 27.6 Å². The Bertz CT molecular complexity index is 577. The van der Waals surface area contributed by atoms with Gasteiger partial charge in [-0.3, -0.25) is 0 Å². The number of aliphatic hydroxyl groups is 1. The second-order valence-electron chi connectivity index (χ2n) is 5.08. The molecule has 5 nitrogen and oxygen atoms in total. The summed E-state index contributed by atoms with van der Waals surface area (Å²) < 4.78 is 27.1. The van der Waals surface area contributed by atoms with Crippen LogP contribution in [0.3, 0.4) is 0 Å². The predicted octanol–water partition coefficient (Wildman–Crippen LogP) is 1.57. The van der Waals surface area contributed by atoms with Crippen LogP contribution < -0.4 is 5.73 Å². The number of hydrogen-bond acceptors (Lipinski definition) is 4. The number of nitrogens with zero attached hydrogens (tertiary/aromatic N) is 1. The SMILES string of the molecule is CC1(O)CCN(S(=O)(=O)c2ccc(Br)cc2N)CC1. The maximum atomic E-state index is 12.5. The minimum absolute atomic E-state index is 0.122. The minimum atomic E-state index is -3.58. The van der Waals surface area contributed by atoms with Crippen molar-refractivity contribution < 1.29 is 13.5 Å². The molecule has 0 bridgehead atoms. The third kappa shape index (κ3) is 3.10. The Kier molecular flexibility index (Phi) is 3.92. The van der Waals surface area contributed by atoms with E-state index in [1.807, 2.05) is 0 Å². The van der Waals surface area contributed by atoms with E-state index in [0.717, 1.165) is 4.47 Å². The zero-order chi connectivity index (χ0) is 14.3. The average molecular weight is 349 g/mol. The van der Waals surface area contributed by atoms with Crippen molar-refractivity contribution in [3.8, 4) is 0 Å². The van der Waals surface area contributed by atoms with Crippen molar-refractivity contribution in [2.45, 2.75) is 30.3 Å². The molecule has 0 atom stereocenters. The Morgan fingerprint density at radius 3 is 2.47 bits per heavy atom. The first-order valence-corrected chi connectivity index (χ1v) is 8.23. The molecule has 2 rings (SSSR count). The molecule has 0 unspecified atom stereocenters. The molecule has 0 spiro atoms. The van der Waals surface area contributed by atoms with Crippen LogP contribution in [0.5, 0.6) is 0 Å². The zero-order valence-electron chi connectivity index (χ0n) is 10.6. The van der Waals surface area contributed by atoms with Crippen molar-refractivity contribution in [1.29, 1.82) is 0 Å². The van der Waals surface area contributed by atoms with E-state index in [0.29, 0.717) is 25.9 Å². The number of halogens is 1. The van der Waals surface area contributed by atoms with Crippen molar-refractivity contribution in [3.63, 3.8) is 0 Å². The highest BCUT2D eigenvalue weighted by Crippen LogP contribution is 2.29. The minimum Gasteiger partial charge on any atom is -0.398 e. The Morgan fingerprint density at radius 2 is 1.95 bits per heavy atom. The molecule has 1 aliphatic heterocycles. The van der Waals surface area contributed by atoms with E-state index >= 15 is 0 Å². The standard InChI is InChI=1S/C12H17BrN2O3S/c1-12(16)4-6-15(7-5-12)19(17,18)11-3-2-9(13)8-10(11)14/h2-3,8,16H,4-7,14H2,1H3. The number of piperidine rings is 1. The summed E-state index contributed by atoms with van der Waals surface area (Å²) >= 11 is 3.25. The van der Waals surface area contributed by atoms with Crippen LogP contribution in [0.2, 0.25) is 0 Å². The maximum Gasteiger partial charge on any atom is 0.245 e. The number of hydrogen-bond donors (Lipinski definition) is 2. The van der Waals surface area contributed by atoms with Gasteiger partial charge in [0.25, 0.3) is 0 Å². The molecule has 1 aliphatic rings. The van der Waals surface area contributed by atoms with Crippen LogP contribution in [0.4, 0.5) is 5.69 Å². The molecule has 0 aliphatic carbocycles. The summed E-state index contributed by atoms with van der Waals surface area (Å²) in [5.41, 5.74) is 5.23. The molecule has 0 amide bonds. The lowest BCUT2D eigenvalue weighted by molar-refractivity contribution is 0.0126. The number of sulfonamides is 1. The van der Waals surface area contributed by atoms with Crippen LogP contribution in [-0.2, 0) is 10.0 Å². The molecular formula is C12H17BrN2O3S. The monoisotopic (exact) mass is 348 g/mol. The highest BCUT2D eigenvalue weighted by Gasteiger charge is 2.34. The maximum absolute atomic E-state index is 12.5. The molecule has 1 fully saturated rings. The molecule has 1 heterocycles. The van der Waals surface area contributed by atoms with Gasteiger partial charge in [0.15, 0.2) is 0 Å². The van der Waals surface area contributed by atoms with Gasteiger partial charge in [-0.1, -0.05) is 15.9 Å². The lowest BCUT2D eigenvalue weighted by atomic mass is 9.95. The number of nitrogen functional groups attached to an aromatic ring is 1. The lowest BCUT2D eigenvalue weighted by Crippen LogP contribution is -2.45. The van der Waals surface area contributed by atoms with Gasteiger partial charge >= 0.3 is 0 Å². The highest BCUT2D eigenvalue weighted by atomic mass is 79.9. The zero-order valence-corrected chi connectivity index (χ0v) is 13.0. The molecule has 7 heteroatoms. The van der Waals surface area contributed by atoms with E-state index in [4.69, 9.17) is 5.73 Å². The van der Waals surface area contributed by atoms with E-state index in [1.54, 1.807) is 19.1 Å². The van der Waals surface area contributed by atoms with Crippen molar-refractivity contribution in [2.75, 3.05) is 18.8 Å². The fraction of sp³-hybridized carbons (Fsp3) is 0.500. The van der Waals surface area contributed by atoms with E-state index < -0.39 is 15.6 Å². The molecule has 1 saturated heterocycles. The van der Waals surface area contributed by atoms with E-state index in [9.17, 15) is 13.5 Å². The molecule has 106 valence electrons. The Labute approximate surface area is 121 Å². The van der Waals surface area contributed by atoms with Crippen molar-refractivity contribution in [1.82, 2.24) is 4.31 Å². The lowest BCUT2D eigenvalue weighted by Gasteiger charge is -2.35. The Balaban J connectivity index is 2.28. The van der Waals surface area contributed by atoms with Gasteiger partial charge in [0.1, 0.15) is 4.90 Å². The molecule has 0 saturated carbocycles. The largest absolute Gasteiger partial charge is 0.398 e. The van der Waals surface area contributed by atoms with Crippen molar-refractivity contribution in [3.05, 3.63) is 22.7 Å². The first-order chi connectivity index (χ1) is 8.72. The average Bonchev–Trinajstić information content (AvgIpc) is 2.27. The summed E-state index contributed by atoms with van der Waals surface area (Å²) in [6.45, 7) is 2.35. The van der Waals surface area contributed by atoms with Crippen LogP contribution in [0, 0.1) is 0 Å². The Morgan fingerprint density at radius 1 is 1.37 bits per heavy atom. The number of benzene rings is 1. The fourth-order valence-corrected chi connectivity index (χ4v) is 4.02. The number of rotatable bonds is 2. The summed E-state index contributed by atoms with van der Waals surface area (Å²) in [6.07, 6.45) is 0.866. The molecule has 1 aromatic rings. The summed E-state index contributed by atoms with van der Waals surface area (Å²) in [6, 6.07) is 4.73. The summed E-state index contributed by atoms with van der Waals surface area (Å²) in [5.74, 6) is 0. The van der Waals surface area contributed by atoms with E-state index in [-0.39, 0.29) is 10.6 Å². The Hall–Kier alpha value is -0.630. The molecule has 0 radical (unpaired) electrons. The van der Waals surface area contributed by atoms with Crippen LogP contribution in [0.1, 0.15) is 19.8 Å². The quantitative estimate of drug-likeness (QED) is 0.794. The first kappa shape index (κ1) is 14.8. The van der Waals surface area contributed by atoms with E-state index in [2.05, 4.69) is 15.9 Å². The van der Waals surface area contributed by atoms with Gasteiger partial charge in [-0.25, -0.2) is 8.42 Å². The third-order valence-electron chi connectivity index (χ3n) is 3.39. The molecule has 19 heavy (non-hydrogen) atoms.